The molecule has 0 bridgehead atoms. The predicted molar refractivity (Wildman–Crippen MR) is 55.3 cm³/mol. The molecule has 3 heteroatoms. The molecule has 14 heavy (non-hydrogen) atoms. The van der Waals surface area contributed by atoms with Gasteiger partial charge in [0, 0.05) is 0 Å². The first-order valence-corrected chi connectivity index (χ1v) is 4.32. The molecule has 0 saturated heterocycles. The molecule has 3 nitrogen and oxygen atoms in total. The van der Waals surface area contributed by atoms with Crippen LogP contribution >= 0.6 is 0 Å². The number of aliphatic hydroxyl groups is 1. The third-order valence-electron chi connectivity index (χ3n) is 1.93. The second kappa shape index (κ2) is 4.58. The smallest absolute Gasteiger partial charge is 0.250 e. The Labute approximate surface area is 82.9 Å². The zero-order chi connectivity index (χ0) is 10.6. The first kappa shape index (κ1) is 10.5. The monoisotopic (exact) mass is 191 g/mol. The molecule has 0 radical (unpaired) electrons. The highest BCUT2D eigenvalue weighted by atomic mass is 16.3. The summed E-state index contributed by atoms with van der Waals surface area (Å²) in [4.78, 5) is 10.6. The van der Waals surface area contributed by atoms with E-state index >= 15 is 0 Å². The Morgan fingerprint density at radius 3 is 2.50 bits per heavy atom. The number of primary amides is 1. The van der Waals surface area contributed by atoms with Crippen LogP contribution < -0.4 is 5.73 Å². The van der Waals surface area contributed by atoms with Gasteiger partial charge in [-0.3, -0.25) is 4.79 Å². The van der Waals surface area contributed by atoms with E-state index in [1.54, 1.807) is 0 Å². The van der Waals surface area contributed by atoms with Crippen molar-refractivity contribution in [1.82, 2.24) is 0 Å². The van der Waals surface area contributed by atoms with Gasteiger partial charge in [0.1, 0.15) is 0 Å². The highest BCUT2D eigenvalue weighted by Gasteiger charge is 2.07. The summed E-state index contributed by atoms with van der Waals surface area (Å²) in [6.07, 6.45) is 0.229. The second-order valence-corrected chi connectivity index (χ2v) is 3.06. The fourth-order valence-corrected chi connectivity index (χ4v) is 1.12. The van der Waals surface area contributed by atoms with Crippen LogP contribution in [-0.4, -0.2) is 17.1 Å². The van der Waals surface area contributed by atoms with Crippen LogP contribution in [0.5, 0.6) is 0 Å². The summed E-state index contributed by atoms with van der Waals surface area (Å²) in [6.45, 7) is 1.82. The van der Waals surface area contributed by atoms with E-state index in [9.17, 15) is 9.90 Å². The Morgan fingerprint density at radius 1 is 1.43 bits per heavy atom. The topological polar surface area (TPSA) is 63.3 Å². The summed E-state index contributed by atoms with van der Waals surface area (Å²) in [5, 5.41) is 9.21. The van der Waals surface area contributed by atoms with Crippen molar-refractivity contribution in [2.75, 3.05) is 0 Å². The molecule has 1 unspecified atom stereocenters. The quantitative estimate of drug-likeness (QED) is 0.746. The number of carbonyl (C=O) groups excluding carboxylic acids is 1. The van der Waals surface area contributed by atoms with Gasteiger partial charge in [-0.25, -0.2) is 0 Å². The van der Waals surface area contributed by atoms with Gasteiger partial charge in [0.2, 0.25) is 5.91 Å². The van der Waals surface area contributed by atoms with E-state index in [0.717, 1.165) is 11.1 Å². The zero-order valence-corrected chi connectivity index (χ0v) is 7.97. The molecule has 74 valence electrons. The van der Waals surface area contributed by atoms with Gasteiger partial charge in [0.25, 0.3) is 0 Å². The van der Waals surface area contributed by atoms with Crippen molar-refractivity contribution in [3.8, 4) is 0 Å². The third kappa shape index (κ3) is 2.71. The number of allylic oxidation sites excluding steroid dienone is 1. The summed E-state index contributed by atoms with van der Waals surface area (Å²) in [5.41, 5.74) is 6.72. The highest BCUT2D eigenvalue weighted by Crippen LogP contribution is 2.13. The minimum Gasteiger partial charge on any atom is -0.379 e. The Kier molecular flexibility index (Phi) is 3.42. The average molecular weight is 191 g/mol. The molecule has 0 aliphatic rings. The molecule has 1 aromatic rings. The van der Waals surface area contributed by atoms with Gasteiger partial charge in [-0.05, 0) is 24.1 Å². The van der Waals surface area contributed by atoms with Crippen LogP contribution in [0.4, 0.5) is 0 Å². The molecule has 0 aromatic heterocycles. The number of rotatable bonds is 3. The molecule has 1 atom stereocenters. The van der Waals surface area contributed by atoms with E-state index in [2.05, 4.69) is 0 Å². The number of hydrogen-bond donors (Lipinski definition) is 2. The molecule has 0 spiro atoms. The largest absolute Gasteiger partial charge is 0.379 e. The molecule has 1 rings (SSSR count). The molecular weight excluding hydrogens is 178 g/mol. The molecule has 0 aliphatic carbocycles. The van der Waals surface area contributed by atoms with Crippen molar-refractivity contribution in [2.45, 2.75) is 13.0 Å². The standard InChI is InChI=1S/C11H13NO2/c1-8(7-10(13)11(12)14)9-5-3-2-4-6-9/h2-7,10,13H,1H3,(H2,12,14)/b8-7+. The lowest BCUT2D eigenvalue weighted by Crippen LogP contribution is -2.26. The SMILES string of the molecule is C/C(=C\C(O)C(N)=O)c1ccccc1. The summed E-state index contributed by atoms with van der Waals surface area (Å²) in [7, 11) is 0. The van der Waals surface area contributed by atoms with Crippen molar-refractivity contribution in [2.24, 2.45) is 5.73 Å². The van der Waals surface area contributed by atoms with Crippen molar-refractivity contribution < 1.29 is 9.90 Å². The number of aliphatic hydroxyl groups excluding tert-OH is 1. The van der Waals surface area contributed by atoms with Crippen molar-refractivity contribution in [3.05, 3.63) is 42.0 Å². The number of nitrogens with two attached hydrogens (primary N) is 1. The number of benzene rings is 1. The van der Waals surface area contributed by atoms with Crippen LogP contribution in [0.15, 0.2) is 36.4 Å². The van der Waals surface area contributed by atoms with E-state index in [4.69, 9.17) is 5.73 Å². The average Bonchev–Trinajstić information content (AvgIpc) is 2.19. The van der Waals surface area contributed by atoms with Gasteiger partial charge < -0.3 is 10.8 Å². The van der Waals surface area contributed by atoms with E-state index < -0.39 is 12.0 Å². The molecule has 1 aromatic carbocycles. The van der Waals surface area contributed by atoms with E-state index in [1.807, 2.05) is 37.3 Å². The summed E-state index contributed by atoms with van der Waals surface area (Å²) in [5.74, 6) is -0.736. The Morgan fingerprint density at radius 2 is 2.00 bits per heavy atom. The van der Waals surface area contributed by atoms with E-state index in [-0.39, 0.29) is 0 Å². The number of amides is 1. The van der Waals surface area contributed by atoms with Crippen LogP contribution in [0, 0.1) is 0 Å². The van der Waals surface area contributed by atoms with Gasteiger partial charge in [-0.1, -0.05) is 30.3 Å². The maximum absolute atomic E-state index is 10.6. The summed E-state index contributed by atoms with van der Waals surface area (Å²) < 4.78 is 0. The van der Waals surface area contributed by atoms with Gasteiger partial charge in [0.15, 0.2) is 6.10 Å². The fourth-order valence-electron chi connectivity index (χ4n) is 1.12. The highest BCUT2D eigenvalue weighted by molar-refractivity contribution is 5.83. The van der Waals surface area contributed by atoms with Crippen molar-refractivity contribution >= 4 is 11.5 Å². The molecule has 1 amide bonds. The molecule has 0 saturated carbocycles. The lowest BCUT2D eigenvalue weighted by Gasteiger charge is -2.04. The van der Waals surface area contributed by atoms with Gasteiger partial charge in [0.05, 0.1) is 0 Å². The minimum atomic E-state index is -1.21. The first-order chi connectivity index (χ1) is 6.61. The van der Waals surface area contributed by atoms with Gasteiger partial charge >= 0.3 is 0 Å². The molecule has 0 heterocycles. The first-order valence-electron chi connectivity index (χ1n) is 4.32. The van der Waals surface area contributed by atoms with E-state index in [1.165, 1.54) is 6.08 Å². The lowest BCUT2D eigenvalue weighted by atomic mass is 10.1. The maximum Gasteiger partial charge on any atom is 0.250 e. The second-order valence-electron chi connectivity index (χ2n) is 3.06. The minimum absolute atomic E-state index is 0.736. The Balaban J connectivity index is 2.85. The van der Waals surface area contributed by atoms with Crippen LogP contribution in [0.2, 0.25) is 0 Å². The van der Waals surface area contributed by atoms with Crippen LogP contribution in [-0.2, 0) is 4.79 Å². The maximum atomic E-state index is 10.6. The fraction of sp³-hybridized carbons (Fsp3) is 0.182. The molecule has 0 fully saturated rings. The lowest BCUT2D eigenvalue weighted by molar-refractivity contribution is -0.123. The van der Waals surface area contributed by atoms with E-state index in [0.29, 0.717) is 0 Å². The number of carbonyl (C=O) groups is 1. The van der Waals surface area contributed by atoms with Gasteiger partial charge in [-0.15, -0.1) is 0 Å². The Hall–Kier alpha value is -1.61. The third-order valence-corrected chi connectivity index (χ3v) is 1.93. The molecular formula is C11H13NO2. The summed E-state index contributed by atoms with van der Waals surface area (Å²) in [6, 6.07) is 9.49. The van der Waals surface area contributed by atoms with Gasteiger partial charge in [-0.2, -0.15) is 0 Å². The number of hydrogen-bond acceptors (Lipinski definition) is 2. The van der Waals surface area contributed by atoms with Crippen LogP contribution in [0.25, 0.3) is 5.57 Å². The molecule has 3 N–H and O–H groups in total. The zero-order valence-electron chi connectivity index (χ0n) is 7.97. The van der Waals surface area contributed by atoms with Crippen LogP contribution in [0.3, 0.4) is 0 Å². The normalized spacial score (nSPS) is 13.7. The predicted octanol–water partition coefficient (Wildman–Crippen LogP) is 0.936. The van der Waals surface area contributed by atoms with Crippen molar-refractivity contribution in [1.29, 1.82) is 0 Å². The summed E-state index contributed by atoms with van der Waals surface area (Å²) >= 11 is 0. The van der Waals surface area contributed by atoms with Crippen molar-refractivity contribution in [3.63, 3.8) is 0 Å². The van der Waals surface area contributed by atoms with Crippen LogP contribution in [0.1, 0.15) is 12.5 Å². The Bertz CT molecular complexity index is 344. The molecule has 0 aliphatic heterocycles.